The summed E-state index contributed by atoms with van der Waals surface area (Å²) in [5, 5.41) is 7.36. The molecule has 0 fully saturated rings. The molecular weight excluding hydrogens is 306 g/mol. The van der Waals surface area contributed by atoms with E-state index in [9.17, 15) is 4.79 Å². The minimum Gasteiger partial charge on any atom is -0.463 e. The van der Waals surface area contributed by atoms with Crippen LogP contribution in [0, 0.1) is 6.92 Å². The van der Waals surface area contributed by atoms with E-state index < -0.39 is 0 Å². The maximum absolute atomic E-state index is 12.5. The second-order valence-electron chi connectivity index (χ2n) is 5.39. The van der Waals surface area contributed by atoms with E-state index in [1.54, 1.807) is 30.2 Å². The van der Waals surface area contributed by atoms with Crippen LogP contribution >= 0.6 is 0 Å². The molecule has 0 atom stereocenters. The van der Waals surface area contributed by atoms with E-state index in [-0.39, 0.29) is 5.91 Å². The first-order valence-electron chi connectivity index (χ1n) is 7.67. The molecule has 1 amide bonds. The second kappa shape index (κ2) is 7.14. The van der Waals surface area contributed by atoms with Gasteiger partial charge in [0.2, 0.25) is 0 Å². The smallest absolute Gasteiger partial charge is 0.270 e. The van der Waals surface area contributed by atoms with Crippen molar-refractivity contribution in [2.45, 2.75) is 6.92 Å². The number of nitrogens with zero attached hydrogens (tertiary/aromatic N) is 2. The first-order valence-corrected chi connectivity index (χ1v) is 7.67. The van der Waals surface area contributed by atoms with Gasteiger partial charge in [-0.2, -0.15) is 5.10 Å². The molecule has 0 radical (unpaired) electrons. The minimum absolute atomic E-state index is 0.210. The van der Waals surface area contributed by atoms with Crippen molar-refractivity contribution >= 4 is 5.91 Å². The Morgan fingerprint density at radius 3 is 2.75 bits per heavy atom. The van der Waals surface area contributed by atoms with E-state index in [4.69, 9.17) is 9.15 Å². The van der Waals surface area contributed by atoms with Crippen LogP contribution in [0.5, 0.6) is 0 Å². The van der Waals surface area contributed by atoms with Gasteiger partial charge in [0.1, 0.15) is 11.4 Å². The number of hydrogen-bond donors (Lipinski definition) is 1. The third kappa shape index (κ3) is 3.38. The molecule has 0 saturated carbocycles. The number of aryl methyl sites for hydroxylation is 1. The third-order valence-corrected chi connectivity index (χ3v) is 3.59. The number of carbonyl (C=O) groups is 1. The Hall–Kier alpha value is -2.86. The average Bonchev–Trinajstić information content (AvgIpc) is 3.25. The van der Waals surface area contributed by atoms with Crippen LogP contribution in [-0.4, -0.2) is 35.9 Å². The molecule has 0 unspecified atom stereocenters. The summed E-state index contributed by atoms with van der Waals surface area (Å²) in [6, 6.07) is 13.2. The molecule has 1 aromatic carbocycles. The van der Waals surface area contributed by atoms with E-state index in [2.05, 4.69) is 10.4 Å². The summed E-state index contributed by atoms with van der Waals surface area (Å²) in [4.78, 5) is 12.5. The molecule has 0 bridgehead atoms. The number of methoxy groups -OCH3 is 1. The molecule has 0 spiro atoms. The highest BCUT2D eigenvalue weighted by Gasteiger charge is 2.18. The number of ether oxygens (including phenoxy) is 1. The lowest BCUT2D eigenvalue weighted by atomic mass is 10.2. The molecule has 0 aliphatic rings. The fraction of sp³-hybridized carbons (Fsp3) is 0.222. The molecule has 3 aromatic rings. The van der Waals surface area contributed by atoms with Gasteiger partial charge >= 0.3 is 0 Å². The van der Waals surface area contributed by atoms with Crippen molar-refractivity contribution in [1.82, 2.24) is 15.1 Å². The van der Waals surface area contributed by atoms with Crippen LogP contribution < -0.4 is 5.32 Å². The number of aromatic nitrogens is 2. The van der Waals surface area contributed by atoms with Gasteiger partial charge in [-0.25, -0.2) is 4.68 Å². The molecule has 0 saturated heterocycles. The average molecular weight is 325 g/mol. The van der Waals surface area contributed by atoms with Crippen LogP contribution in [0.3, 0.4) is 0 Å². The van der Waals surface area contributed by atoms with Crippen molar-refractivity contribution in [3.63, 3.8) is 0 Å². The molecule has 24 heavy (non-hydrogen) atoms. The van der Waals surface area contributed by atoms with Crippen molar-refractivity contribution in [2.75, 3.05) is 20.3 Å². The highest BCUT2D eigenvalue weighted by atomic mass is 16.5. The highest BCUT2D eigenvalue weighted by molar-refractivity contribution is 5.94. The van der Waals surface area contributed by atoms with Gasteiger partial charge in [0.05, 0.1) is 18.6 Å². The molecule has 6 nitrogen and oxygen atoms in total. The van der Waals surface area contributed by atoms with Crippen molar-refractivity contribution in [1.29, 1.82) is 0 Å². The van der Waals surface area contributed by atoms with Gasteiger partial charge in [0.25, 0.3) is 5.91 Å². The normalized spacial score (nSPS) is 10.8. The lowest BCUT2D eigenvalue weighted by Crippen LogP contribution is -2.28. The Balaban J connectivity index is 1.98. The molecular formula is C18H19N3O3. The van der Waals surface area contributed by atoms with Crippen LogP contribution in [0.25, 0.3) is 17.1 Å². The maximum atomic E-state index is 12.5. The number of amides is 1. The fourth-order valence-corrected chi connectivity index (χ4v) is 2.33. The van der Waals surface area contributed by atoms with Crippen LogP contribution in [-0.2, 0) is 4.74 Å². The molecule has 3 rings (SSSR count). The van der Waals surface area contributed by atoms with E-state index >= 15 is 0 Å². The monoisotopic (exact) mass is 325 g/mol. The Morgan fingerprint density at radius 1 is 1.29 bits per heavy atom. The molecule has 1 N–H and O–H groups in total. The van der Waals surface area contributed by atoms with Gasteiger partial charge in [0, 0.05) is 19.7 Å². The summed E-state index contributed by atoms with van der Waals surface area (Å²) in [5.41, 5.74) is 3.01. The van der Waals surface area contributed by atoms with Crippen molar-refractivity contribution < 1.29 is 13.9 Å². The van der Waals surface area contributed by atoms with E-state index in [1.165, 1.54) is 0 Å². The Kier molecular flexibility index (Phi) is 4.77. The molecule has 124 valence electrons. The summed E-state index contributed by atoms with van der Waals surface area (Å²) < 4.78 is 12.0. The van der Waals surface area contributed by atoms with Gasteiger partial charge in [0.15, 0.2) is 5.76 Å². The minimum atomic E-state index is -0.210. The molecule has 6 heteroatoms. The zero-order chi connectivity index (χ0) is 16.9. The van der Waals surface area contributed by atoms with Crippen LogP contribution in [0.4, 0.5) is 0 Å². The largest absolute Gasteiger partial charge is 0.463 e. The predicted octanol–water partition coefficient (Wildman–Crippen LogP) is 2.82. The summed E-state index contributed by atoms with van der Waals surface area (Å²) in [5.74, 6) is 0.407. The quantitative estimate of drug-likeness (QED) is 0.708. The van der Waals surface area contributed by atoms with Gasteiger partial charge in [-0.3, -0.25) is 4.79 Å². The van der Waals surface area contributed by atoms with E-state index in [0.717, 1.165) is 11.3 Å². The lowest BCUT2D eigenvalue weighted by molar-refractivity contribution is 0.0929. The standard InChI is InChI=1S/C18H19N3O3/c1-13-5-7-14(8-6-13)21-16(18(22)19-9-11-23-2)12-15(20-21)17-4-3-10-24-17/h3-8,10,12H,9,11H2,1-2H3,(H,19,22). The molecule has 2 aromatic heterocycles. The van der Waals surface area contributed by atoms with Gasteiger partial charge < -0.3 is 14.5 Å². The number of rotatable bonds is 6. The molecule has 2 heterocycles. The summed E-state index contributed by atoms with van der Waals surface area (Å²) in [6.45, 7) is 2.90. The van der Waals surface area contributed by atoms with Crippen LogP contribution in [0.2, 0.25) is 0 Å². The van der Waals surface area contributed by atoms with Crippen molar-refractivity contribution in [3.8, 4) is 17.1 Å². The SMILES string of the molecule is COCCNC(=O)c1cc(-c2ccco2)nn1-c1ccc(C)cc1. The number of benzene rings is 1. The first-order chi connectivity index (χ1) is 11.7. The summed E-state index contributed by atoms with van der Waals surface area (Å²) in [7, 11) is 1.59. The van der Waals surface area contributed by atoms with Gasteiger partial charge in [-0.05, 0) is 31.2 Å². The topological polar surface area (TPSA) is 69.3 Å². The van der Waals surface area contributed by atoms with E-state index in [1.807, 2.05) is 37.3 Å². The second-order valence-corrected chi connectivity index (χ2v) is 5.39. The summed E-state index contributed by atoms with van der Waals surface area (Å²) in [6.07, 6.45) is 1.58. The van der Waals surface area contributed by atoms with E-state index in [0.29, 0.717) is 30.3 Å². The fourth-order valence-electron chi connectivity index (χ4n) is 2.33. The number of furan rings is 1. The number of carbonyl (C=O) groups excluding carboxylic acids is 1. The Bertz CT molecular complexity index is 805. The third-order valence-electron chi connectivity index (χ3n) is 3.59. The van der Waals surface area contributed by atoms with Crippen LogP contribution in [0.1, 0.15) is 16.1 Å². The van der Waals surface area contributed by atoms with Gasteiger partial charge in [-0.15, -0.1) is 0 Å². The highest BCUT2D eigenvalue weighted by Crippen LogP contribution is 2.22. The maximum Gasteiger partial charge on any atom is 0.270 e. The Morgan fingerprint density at radius 2 is 2.08 bits per heavy atom. The zero-order valence-electron chi connectivity index (χ0n) is 13.7. The summed E-state index contributed by atoms with van der Waals surface area (Å²) >= 11 is 0. The Labute approximate surface area is 140 Å². The number of nitrogens with one attached hydrogen (secondary N) is 1. The zero-order valence-corrected chi connectivity index (χ0v) is 13.7. The van der Waals surface area contributed by atoms with Crippen molar-refractivity contribution in [2.24, 2.45) is 0 Å². The number of hydrogen-bond acceptors (Lipinski definition) is 4. The van der Waals surface area contributed by atoms with Gasteiger partial charge in [-0.1, -0.05) is 17.7 Å². The van der Waals surface area contributed by atoms with Crippen LogP contribution in [0.15, 0.2) is 53.1 Å². The molecule has 0 aliphatic heterocycles. The molecule has 0 aliphatic carbocycles. The van der Waals surface area contributed by atoms with Crippen molar-refractivity contribution in [3.05, 3.63) is 60.0 Å². The first kappa shape index (κ1) is 16.0. The lowest BCUT2D eigenvalue weighted by Gasteiger charge is -2.08. The predicted molar refractivity (Wildman–Crippen MR) is 90.2 cm³/mol.